The van der Waals surface area contributed by atoms with E-state index in [0.29, 0.717) is 22.5 Å². The molecule has 4 rings (SSSR count). The van der Waals surface area contributed by atoms with Gasteiger partial charge in [0.1, 0.15) is 0 Å². The topological polar surface area (TPSA) is 85.6 Å². The molecule has 0 aliphatic rings. The predicted molar refractivity (Wildman–Crippen MR) is 107 cm³/mol. The van der Waals surface area contributed by atoms with Gasteiger partial charge in [-0.25, -0.2) is 4.98 Å². The maximum absolute atomic E-state index is 12.2. The van der Waals surface area contributed by atoms with Crippen LogP contribution < -0.4 is 5.32 Å². The van der Waals surface area contributed by atoms with Crippen LogP contribution in [0.1, 0.15) is 12.0 Å². The van der Waals surface area contributed by atoms with Gasteiger partial charge in [0.25, 0.3) is 0 Å². The highest BCUT2D eigenvalue weighted by Crippen LogP contribution is 2.27. The zero-order valence-corrected chi connectivity index (χ0v) is 16.1. The summed E-state index contributed by atoms with van der Waals surface area (Å²) in [5.41, 5.74) is 2.97. The molecular weight excluding hydrogens is 380 g/mol. The van der Waals surface area contributed by atoms with Crippen LogP contribution in [0.15, 0.2) is 53.7 Å². The molecule has 0 aliphatic heterocycles. The largest absolute Gasteiger partial charge is 0.302 e. The van der Waals surface area contributed by atoms with Crippen molar-refractivity contribution in [3.63, 3.8) is 0 Å². The molecule has 2 aromatic carbocycles. The molecule has 2 heterocycles. The summed E-state index contributed by atoms with van der Waals surface area (Å²) in [7, 11) is 0. The van der Waals surface area contributed by atoms with E-state index in [-0.39, 0.29) is 5.91 Å². The van der Waals surface area contributed by atoms with E-state index in [1.165, 1.54) is 28.7 Å². The number of fused-ring (bicyclic) bond motifs is 1. The number of thiazole rings is 1. The number of rotatable bonds is 6. The number of nitrogens with zero attached hydrogens (tertiary/aromatic N) is 5. The van der Waals surface area contributed by atoms with Gasteiger partial charge in [-0.15, -0.1) is 5.10 Å². The van der Waals surface area contributed by atoms with E-state index in [9.17, 15) is 4.79 Å². The zero-order valence-electron chi connectivity index (χ0n) is 14.5. The standard InChI is InChI=1S/C18H16N6OS2/c1-12-7-8-14-15(11-12)27-17(19-14)20-16(25)9-10-26-18-21-22-23-24(18)13-5-3-2-4-6-13/h2-8,11H,9-10H2,1H3,(H,19,20,25). The molecule has 0 unspecified atom stereocenters. The first-order valence-corrected chi connectivity index (χ1v) is 10.1. The van der Waals surface area contributed by atoms with E-state index in [1.54, 1.807) is 4.68 Å². The summed E-state index contributed by atoms with van der Waals surface area (Å²) >= 11 is 2.93. The fourth-order valence-electron chi connectivity index (χ4n) is 2.50. The minimum atomic E-state index is -0.0722. The first-order chi connectivity index (χ1) is 13.2. The lowest BCUT2D eigenvalue weighted by Gasteiger charge is -2.04. The highest BCUT2D eigenvalue weighted by molar-refractivity contribution is 7.99. The maximum Gasteiger partial charge on any atom is 0.226 e. The molecule has 0 aliphatic carbocycles. The van der Waals surface area contributed by atoms with Gasteiger partial charge in [-0.05, 0) is 47.2 Å². The number of aryl methyl sites for hydroxylation is 1. The second kappa shape index (κ2) is 7.85. The summed E-state index contributed by atoms with van der Waals surface area (Å²) in [6.07, 6.45) is 0.348. The Bertz CT molecular complexity index is 1080. The van der Waals surface area contributed by atoms with Crippen LogP contribution in [0.2, 0.25) is 0 Å². The van der Waals surface area contributed by atoms with E-state index in [4.69, 9.17) is 0 Å². The molecule has 0 bridgehead atoms. The van der Waals surface area contributed by atoms with Crippen molar-refractivity contribution < 1.29 is 4.79 Å². The SMILES string of the molecule is Cc1ccc2nc(NC(=O)CCSc3nnnn3-c3ccccc3)sc2c1. The molecule has 136 valence electrons. The molecule has 4 aromatic rings. The number of hydrogen-bond acceptors (Lipinski definition) is 7. The van der Waals surface area contributed by atoms with Gasteiger partial charge in [-0.3, -0.25) is 4.79 Å². The van der Waals surface area contributed by atoms with Gasteiger partial charge in [0, 0.05) is 12.2 Å². The Kier molecular flexibility index (Phi) is 5.12. The van der Waals surface area contributed by atoms with Gasteiger partial charge in [0.2, 0.25) is 11.1 Å². The number of nitrogens with one attached hydrogen (secondary N) is 1. The molecular formula is C18H16N6OS2. The Balaban J connectivity index is 1.34. The first kappa shape index (κ1) is 17.6. The molecule has 0 radical (unpaired) electrons. The highest BCUT2D eigenvalue weighted by Gasteiger charge is 2.11. The summed E-state index contributed by atoms with van der Waals surface area (Å²) in [6.45, 7) is 2.04. The van der Waals surface area contributed by atoms with E-state index < -0.39 is 0 Å². The summed E-state index contributed by atoms with van der Waals surface area (Å²) in [6, 6.07) is 15.7. The number of hydrogen-bond donors (Lipinski definition) is 1. The third-order valence-electron chi connectivity index (χ3n) is 3.79. The van der Waals surface area contributed by atoms with Gasteiger partial charge in [-0.1, -0.05) is 47.4 Å². The summed E-state index contributed by atoms with van der Waals surface area (Å²) < 4.78 is 2.74. The number of aromatic nitrogens is 5. The Hall–Kier alpha value is -2.78. The number of anilines is 1. The lowest BCUT2D eigenvalue weighted by Crippen LogP contribution is -2.12. The number of thioether (sulfide) groups is 1. The molecule has 9 heteroatoms. The van der Waals surface area contributed by atoms with Gasteiger partial charge in [-0.2, -0.15) is 4.68 Å². The summed E-state index contributed by atoms with van der Waals surface area (Å²) in [5, 5.41) is 15.9. The third-order valence-corrected chi connectivity index (χ3v) is 5.65. The van der Waals surface area contributed by atoms with Crippen LogP contribution >= 0.6 is 23.1 Å². The summed E-state index contributed by atoms with van der Waals surface area (Å²) in [4.78, 5) is 16.7. The molecule has 0 spiro atoms. The van der Waals surface area contributed by atoms with Crippen molar-refractivity contribution in [2.24, 2.45) is 0 Å². The lowest BCUT2D eigenvalue weighted by atomic mass is 10.2. The monoisotopic (exact) mass is 396 g/mol. The molecule has 0 saturated carbocycles. The third kappa shape index (κ3) is 4.15. The number of tetrazole rings is 1. The van der Waals surface area contributed by atoms with E-state index in [0.717, 1.165) is 15.9 Å². The molecule has 2 aromatic heterocycles. The second-order valence-corrected chi connectivity index (χ2v) is 7.94. The van der Waals surface area contributed by atoms with Crippen molar-refractivity contribution in [2.75, 3.05) is 11.1 Å². The van der Waals surface area contributed by atoms with Crippen LogP contribution in [-0.2, 0) is 4.79 Å². The number of para-hydroxylation sites is 1. The van der Waals surface area contributed by atoms with Gasteiger partial charge < -0.3 is 5.32 Å². The van der Waals surface area contributed by atoms with Crippen molar-refractivity contribution in [1.29, 1.82) is 0 Å². The molecule has 0 saturated heterocycles. The quantitative estimate of drug-likeness (QED) is 0.500. The van der Waals surface area contributed by atoms with Crippen molar-refractivity contribution >= 4 is 44.4 Å². The molecule has 1 amide bonds. The molecule has 7 nitrogen and oxygen atoms in total. The smallest absolute Gasteiger partial charge is 0.226 e. The Morgan fingerprint density at radius 3 is 2.93 bits per heavy atom. The van der Waals surface area contributed by atoms with Crippen LogP contribution in [0.3, 0.4) is 0 Å². The van der Waals surface area contributed by atoms with Gasteiger partial charge in [0.15, 0.2) is 5.13 Å². The molecule has 0 atom stereocenters. The van der Waals surface area contributed by atoms with E-state index in [1.807, 2.05) is 49.4 Å². The average Bonchev–Trinajstić information content (AvgIpc) is 3.28. The Morgan fingerprint density at radius 1 is 1.22 bits per heavy atom. The Labute approximate surface area is 163 Å². The number of amides is 1. The number of carbonyl (C=O) groups is 1. The van der Waals surface area contributed by atoms with Crippen molar-refractivity contribution in [3.8, 4) is 5.69 Å². The molecule has 1 N–H and O–H groups in total. The Morgan fingerprint density at radius 2 is 2.07 bits per heavy atom. The van der Waals surface area contributed by atoms with Crippen LogP contribution in [0.4, 0.5) is 5.13 Å². The minimum absolute atomic E-state index is 0.0722. The minimum Gasteiger partial charge on any atom is -0.302 e. The van der Waals surface area contributed by atoms with Crippen LogP contribution in [0.25, 0.3) is 15.9 Å². The predicted octanol–water partition coefficient (Wildman–Crippen LogP) is 3.70. The van der Waals surface area contributed by atoms with Gasteiger partial charge >= 0.3 is 0 Å². The average molecular weight is 397 g/mol. The lowest BCUT2D eigenvalue weighted by molar-refractivity contribution is -0.115. The van der Waals surface area contributed by atoms with Crippen LogP contribution in [0, 0.1) is 6.92 Å². The number of benzene rings is 2. The second-order valence-electron chi connectivity index (χ2n) is 5.85. The number of carbonyl (C=O) groups excluding carboxylic acids is 1. The van der Waals surface area contributed by atoms with E-state index >= 15 is 0 Å². The maximum atomic E-state index is 12.2. The van der Waals surface area contributed by atoms with Crippen molar-refractivity contribution in [1.82, 2.24) is 25.2 Å². The van der Waals surface area contributed by atoms with Crippen LogP contribution in [-0.4, -0.2) is 36.9 Å². The first-order valence-electron chi connectivity index (χ1n) is 8.33. The zero-order chi connectivity index (χ0) is 18.6. The molecule has 0 fully saturated rings. The normalized spacial score (nSPS) is 11.0. The van der Waals surface area contributed by atoms with Gasteiger partial charge in [0.05, 0.1) is 15.9 Å². The highest BCUT2D eigenvalue weighted by atomic mass is 32.2. The van der Waals surface area contributed by atoms with E-state index in [2.05, 4.69) is 31.9 Å². The van der Waals surface area contributed by atoms with Crippen molar-refractivity contribution in [2.45, 2.75) is 18.5 Å². The van der Waals surface area contributed by atoms with Crippen molar-refractivity contribution in [3.05, 3.63) is 54.1 Å². The fraction of sp³-hybridized carbons (Fsp3) is 0.167. The van der Waals surface area contributed by atoms with Crippen LogP contribution in [0.5, 0.6) is 0 Å². The summed E-state index contributed by atoms with van der Waals surface area (Å²) in [5.74, 6) is 0.500. The fourth-order valence-corrected chi connectivity index (χ4v) is 4.31. The molecule has 27 heavy (non-hydrogen) atoms.